The van der Waals surface area contributed by atoms with Crippen molar-refractivity contribution < 1.29 is 9.47 Å². The molecule has 0 radical (unpaired) electrons. The minimum absolute atomic E-state index is 0.00574. The SMILES string of the molecule is COc1ccc(CN2CCO[C@H]2c2ccn(-c3ccc(Br)cc3)c2)cc1. The molecular formula is C21H21BrN2O2. The minimum atomic E-state index is -0.00574. The summed E-state index contributed by atoms with van der Waals surface area (Å²) in [6, 6.07) is 18.7. The Labute approximate surface area is 162 Å². The van der Waals surface area contributed by atoms with E-state index in [1.165, 1.54) is 11.1 Å². The fourth-order valence-electron chi connectivity index (χ4n) is 3.27. The molecule has 4 nitrogen and oxygen atoms in total. The first-order valence-corrected chi connectivity index (χ1v) is 9.45. The van der Waals surface area contributed by atoms with Crippen molar-refractivity contribution in [1.29, 1.82) is 0 Å². The van der Waals surface area contributed by atoms with Crippen molar-refractivity contribution in [2.75, 3.05) is 20.3 Å². The Hall–Kier alpha value is -2.08. The van der Waals surface area contributed by atoms with Gasteiger partial charge in [0.15, 0.2) is 0 Å². The van der Waals surface area contributed by atoms with E-state index in [2.05, 4.69) is 80.3 Å². The number of aromatic nitrogens is 1. The Morgan fingerprint density at radius 3 is 2.58 bits per heavy atom. The summed E-state index contributed by atoms with van der Waals surface area (Å²) in [6.07, 6.45) is 4.24. The molecule has 2 heterocycles. The third-order valence-electron chi connectivity index (χ3n) is 4.66. The lowest BCUT2D eigenvalue weighted by Gasteiger charge is -2.22. The smallest absolute Gasteiger partial charge is 0.138 e. The van der Waals surface area contributed by atoms with Gasteiger partial charge in [0, 0.05) is 41.2 Å². The van der Waals surface area contributed by atoms with E-state index in [4.69, 9.17) is 9.47 Å². The maximum absolute atomic E-state index is 6.02. The summed E-state index contributed by atoms with van der Waals surface area (Å²) >= 11 is 3.48. The molecule has 1 saturated heterocycles. The Balaban J connectivity index is 1.50. The number of hydrogen-bond donors (Lipinski definition) is 0. The number of benzene rings is 2. The Bertz CT molecular complexity index is 858. The van der Waals surface area contributed by atoms with E-state index in [-0.39, 0.29) is 6.23 Å². The van der Waals surface area contributed by atoms with Gasteiger partial charge < -0.3 is 14.0 Å². The van der Waals surface area contributed by atoms with Crippen LogP contribution in [0.3, 0.4) is 0 Å². The summed E-state index contributed by atoms with van der Waals surface area (Å²) in [6.45, 7) is 2.54. The van der Waals surface area contributed by atoms with Crippen molar-refractivity contribution in [3.63, 3.8) is 0 Å². The van der Waals surface area contributed by atoms with E-state index in [0.717, 1.165) is 35.6 Å². The van der Waals surface area contributed by atoms with Gasteiger partial charge in [-0.3, -0.25) is 4.90 Å². The van der Waals surface area contributed by atoms with Crippen molar-refractivity contribution in [2.24, 2.45) is 0 Å². The van der Waals surface area contributed by atoms with E-state index < -0.39 is 0 Å². The van der Waals surface area contributed by atoms with Crippen LogP contribution < -0.4 is 4.74 Å². The molecule has 4 rings (SSSR count). The summed E-state index contributed by atoms with van der Waals surface area (Å²) in [7, 11) is 1.69. The second kappa shape index (κ2) is 7.66. The van der Waals surface area contributed by atoms with E-state index in [9.17, 15) is 0 Å². The van der Waals surface area contributed by atoms with E-state index in [1.54, 1.807) is 7.11 Å². The van der Waals surface area contributed by atoms with Gasteiger partial charge in [-0.05, 0) is 48.0 Å². The van der Waals surface area contributed by atoms with Gasteiger partial charge in [-0.15, -0.1) is 0 Å². The highest BCUT2D eigenvalue weighted by Crippen LogP contribution is 2.30. The fourth-order valence-corrected chi connectivity index (χ4v) is 3.54. The van der Waals surface area contributed by atoms with Gasteiger partial charge >= 0.3 is 0 Å². The predicted molar refractivity (Wildman–Crippen MR) is 106 cm³/mol. The molecule has 0 N–H and O–H groups in total. The first kappa shape index (κ1) is 17.3. The van der Waals surface area contributed by atoms with Crippen molar-refractivity contribution >= 4 is 15.9 Å². The van der Waals surface area contributed by atoms with Gasteiger partial charge in [0.1, 0.15) is 12.0 Å². The van der Waals surface area contributed by atoms with Crippen molar-refractivity contribution in [1.82, 2.24) is 9.47 Å². The Morgan fingerprint density at radius 2 is 1.85 bits per heavy atom. The molecular weight excluding hydrogens is 392 g/mol. The molecule has 26 heavy (non-hydrogen) atoms. The number of methoxy groups -OCH3 is 1. The molecule has 134 valence electrons. The molecule has 1 aliphatic rings. The van der Waals surface area contributed by atoms with Crippen LogP contribution in [0.4, 0.5) is 0 Å². The number of hydrogen-bond acceptors (Lipinski definition) is 3. The highest BCUT2D eigenvalue weighted by atomic mass is 79.9. The van der Waals surface area contributed by atoms with Crippen LogP contribution in [0.5, 0.6) is 5.75 Å². The molecule has 0 unspecified atom stereocenters. The van der Waals surface area contributed by atoms with Crippen LogP contribution in [-0.4, -0.2) is 29.7 Å². The second-order valence-corrected chi connectivity index (χ2v) is 7.29. The average molecular weight is 413 g/mol. The number of halogens is 1. The molecule has 1 fully saturated rings. The maximum atomic E-state index is 6.02. The zero-order valence-electron chi connectivity index (χ0n) is 14.6. The summed E-state index contributed by atoms with van der Waals surface area (Å²) in [5, 5.41) is 0. The van der Waals surface area contributed by atoms with E-state index >= 15 is 0 Å². The number of rotatable bonds is 5. The number of nitrogens with zero attached hydrogens (tertiary/aromatic N) is 2. The van der Waals surface area contributed by atoms with Gasteiger partial charge in [-0.1, -0.05) is 28.1 Å². The molecule has 0 aliphatic carbocycles. The summed E-state index contributed by atoms with van der Waals surface area (Å²) in [5.74, 6) is 0.884. The molecule has 1 aliphatic heterocycles. The van der Waals surface area contributed by atoms with Crippen LogP contribution in [-0.2, 0) is 11.3 Å². The maximum Gasteiger partial charge on any atom is 0.138 e. The van der Waals surface area contributed by atoms with Gasteiger partial charge in [0.05, 0.1) is 13.7 Å². The van der Waals surface area contributed by atoms with Crippen LogP contribution >= 0.6 is 15.9 Å². The Morgan fingerprint density at radius 1 is 1.08 bits per heavy atom. The predicted octanol–water partition coefficient (Wildman–Crippen LogP) is 4.78. The largest absolute Gasteiger partial charge is 0.497 e. The zero-order valence-corrected chi connectivity index (χ0v) is 16.2. The molecule has 1 aromatic heterocycles. The zero-order chi connectivity index (χ0) is 17.9. The van der Waals surface area contributed by atoms with Crippen LogP contribution in [0, 0.1) is 0 Å². The summed E-state index contributed by atoms with van der Waals surface area (Å²) < 4.78 is 14.5. The standard InChI is InChI=1S/C21H21BrN2O2/c1-25-20-8-2-16(3-9-20)14-24-12-13-26-21(24)17-10-11-23(15-17)19-6-4-18(22)5-7-19/h2-11,15,21H,12-14H2,1H3/t21-/m0/s1. The minimum Gasteiger partial charge on any atom is -0.497 e. The lowest BCUT2D eigenvalue weighted by atomic mass is 10.2. The first-order valence-electron chi connectivity index (χ1n) is 8.65. The van der Waals surface area contributed by atoms with Gasteiger partial charge in [-0.2, -0.15) is 0 Å². The van der Waals surface area contributed by atoms with E-state index in [1.807, 2.05) is 12.1 Å². The first-order chi connectivity index (χ1) is 12.7. The highest BCUT2D eigenvalue weighted by molar-refractivity contribution is 9.10. The lowest BCUT2D eigenvalue weighted by Crippen LogP contribution is -2.23. The van der Waals surface area contributed by atoms with Crippen LogP contribution in [0.25, 0.3) is 5.69 Å². The molecule has 1 atom stereocenters. The van der Waals surface area contributed by atoms with Crippen molar-refractivity contribution in [2.45, 2.75) is 12.8 Å². The molecule has 0 amide bonds. The Kier molecular flexibility index (Phi) is 5.11. The van der Waals surface area contributed by atoms with Crippen LogP contribution in [0.15, 0.2) is 71.5 Å². The fraction of sp³-hybridized carbons (Fsp3) is 0.238. The molecule has 0 spiro atoms. The van der Waals surface area contributed by atoms with Crippen LogP contribution in [0.2, 0.25) is 0 Å². The number of ether oxygens (including phenoxy) is 2. The molecule has 0 saturated carbocycles. The molecule has 3 aromatic rings. The van der Waals surface area contributed by atoms with Crippen LogP contribution in [0.1, 0.15) is 17.4 Å². The third-order valence-corrected chi connectivity index (χ3v) is 5.18. The van der Waals surface area contributed by atoms with Gasteiger partial charge in [-0.25, -0.2) is 0 Å². The third kappa shape index (κ3) is 3.70. The summed E-state index contributed by atoms with van der Waals surface area (Å²) in [4.78, 5) is 2.36. The van der Waals surface area contributed by atoms with Gasteiger partial charge in [0.25, 0.3) is 0 Å². The van der Waals surface area contributed by atoms with Crippen molar-refractivity contribution in [3.05, 3.63) is 82.6 Å². The topological polar surface area (TPSA) is 26.6 Å². The lowest BCUT2D eigenvalue weighted by molar-refractivity contribution is 0.0288. The molecule has 5 heteroatoms. The monoisotopic (exact) mass is 412 g/mol. The quantitative estimate of drug-likeness (QED) is 0.603. The average Bonchev–Trinajstić information content (AvgIpc) is 3.32. The highest BCUT2D eigenvalue weighted by Gasteiger charge is 2.27. The second-order valence-electron chi connectivity index (χ2n) is 6.37. The van der Waals surface area contributed by atoms with E-state index in [0.29, 0.717) is 0 Å². The summed E-state index contributed by atoms with van der Waals surface area (Å²) in [5.41, 5.74) is 3.58. The van der Waals surface area contributed by atoms with Crippen molar-refractivity contribution in [3.8, 4) is 11.4 Å². The normalized spacial score (nSPS) is 17.5. The van der Waals surface area contributed by atoms with Gasteiger partial charge in [0.2, 0.25) is 0 Å². The molecule has 2 aromatic carbocycles. The molecule has 0 bridgehead atoms.